The van der Waals surface area contributed by atoms with Gasteiger partial charge in [-0.3, -0.25) is 4.79 Å². The van der Waals surface area contributed by atoms with E-state index >= 15 is 0 Å². The largest absolute Gasteiger partial charge is 0.396 e. The number of hydrogen-bond donors (Lipinski definition) is 2. The molecule has 5 heteroatoms. The number of carbonyl (C=O) groups excluding carboxylic acids is 1. The molecular weight excluding hydrogens is 330 g/mol. The van der Waals surface area contributed by atoms with Crippen LogP contribution in [0.1, 0.15) is 37.0 Å². The molecule has 0 fully saturated rings. The first-order valence-electron chi connectivity index (χ1n) is 6.20. The van der Waals surface area contributed by atoms with Crippen LogP contribution in [0.2, 0.25) is 5.02 Å². The Kier molecular flexibility index (Phi) is 6.30. The summed E-state index contributed by atoms with van der Waals surface area (Å²) in [5.41, 5.74) is 0.422. The second-order valence-corrected chi connectivity index (χ2v) is 6.51. The molecule has 0 spiro atoms. The molecule has 1 rings (SSSR count). The molecule has 0 radical (unpaired) electrons. The van der Waals surface area contributed by atoms with Gasteiger partial charge in [-0.2, -0.15) is 0 Å². The number of halogens is 2. The van der Waals surface area contributed by atoms with Crippen LogP contribution in [0.4, 0.5) is 0 Å². The van der Waals surface area contributed by atoms with Gasteiger partial charge in [-0.1, -0.05) is 31.5 Å². The maximum absolute atomic E-state index is 12.1. The Morgan fingerprint density at radius 3 is 2.79 bits per heavy atom. The molecule has 2 N–H and O–H groups in total. The van der Waals surface area contributed by atoms with Gasteiger partial charge in [0.2, 0.25) is 0 Å². The van der Waals surface area contributed by atoms with E-state index in [9.17, 15) is 4.79 Å². The zero-order valence-corrected chi connectivity index (χ0v) is 13.5. The number of amides is 1. The fourth-order valence-corrected chi connectivity index (χ4v) is 2.32. The van der Waals surface area contributed by atoms with E-state index in [-0.39, 0.29) is 17.9 Å². The third kappa shape index (κ3) is 5.13. The van der Waals surface area contributed by atoms with Crippen LogP contribution < -0.4 is 5.32 Å². The Labute approximate surface area is 127 Å². The Bertz CT molecular complexity index is 449. The Morgan fingerprint density at radius 1 is 1.47 bits per heavy atom. The first kappa shape index (κ1) is 16.5. The van der Waals surface area contributed by atoms with Crippen LogP contribution in [0.5, 0.6) is 0 Å². The van der Waals surface area contributed by atoms with Crippen molar-refractivity contribution in [1.82, 2.24) is 5.32 Å². The van der Waals surface area contributed by atoms with Crippen molar-refractivity contribution in [3.05, 3.63) is 33.3 Å². The van der Waals surface area contributed by atoms with Crippen LogP contribution in [-0.4, -0.2) is 24.2 Å². The number of aliphatic hydroxyl groups excluding tert-OH is 1. The molecule has 19 heavy (non-hydrogen) atoms. The van der Waals surface area contributed by atoms with Crippen molar-refractivity contribution in [2.75, 3.05) is 13.2 Å². The van der Waals surface area contributed by atoms with Crippen molar-refractivity contribution >= 4 is 33.4 Å². The van der Waals surface area contributed by atoms with Gasteiger partial charge in [0, 0.05) is 17.6 Å². The quantitative estimate of drug-likeness (QED) is 0.824. The SMILES string of the molecule is CC(C)(CCCO)CNC(=O)c1cccc(Br)c1Cl. The molecule has 1 amide bonds. The van der Waals surface area contributed by atoms with Crippen molar-refractivity contribution in [2.45, 2.75) is 26.7 Å². The molecule has 0 atom stereocenters. The van der Waals surface area contributed by atoms with Crippen molar-refractivity contribution in [3.8, 4) is 0 Å². The molecule has 0 aromatic heterocycles. The van der Waals surface area contributed by atoms with Crippen LogP contribution in [-0.2, 0) is 0 Å². The fourth-order valence-electron chi connectivity index (χ4n) is 1.74. The summed E-state index contributed by atoms with van der Waals surface area (Å²) in [6.07, 6.45) is 1.59. The van der Waals surface area contributed by atoms with Gasteiger partial charge in [-0.05, 0) is 46.3 Å². The van der Waals surface area contributed by atoms with E-state index in [1.54, 1.807) is 18.2 Å². The topological polar surface area (TPSA) is 49.3 Å². The minimum atomic E-state index is -0.177. The molecule has 3 nitrogen and oxygen atoms in total. The van der Waals surface area contributed by atoms with Gasteiger partial charge < -0.3 is 10.4 Å². The van der Waals surface area contributed by atoms with Gasteiger partial charge in [-0.25, -0.2) is 0 Å². The van der Waals surface area contributed by atoms with Crippen LogP contribution in [0, 0.1) is 5.41 Å². The predicted molar refractivity (Wildman–Crippen MR) is 81.6 cm³/mol. The number of benzene rings is 1. The summed E-state index contributed by atoms with van der Waals surface area (Å²) >= 11 is 9.38. The lowest BCUT2D eigenvalue weighted by atomic mass is 9.88. The minimum absolute atomic E-state index is 0.0448. The molecule has 106 valence electrons. The maximum Gasteiger partial charge on any atom is 0.252 e. The Balaban J connectivity index is 2.63. The standard InChI is InChI=1S/C14H19BrClNO2/c1-14(2,7-4-8-18)9-17-13(19)10-5-3-6-11(15)12(10)16/h3,5-6,18H,4,7-9H2,1-2H3,(H,17,19). The summed E-state index contributed by atoms with van der Waals surface area (Å²) in [5, 5.41) is 12.2. The number of nitrogens with one attached hydrogen (secondary N) is 1. The van der Waals surface area contributed by atoms with Crippen LogP contribution in [0.15, 0.2) is 22.7 Å². The van der Waals surface area contributed by atoms with E-state index in [4.69, 9.17) is 16.7 Å². The van der Waals surface area contributed by atoms with Crippen molar-refractivity contribution in [1.29, 1.82) is 0 Å². The molecule has 0 aliphatic rings. The summed E-state index contributed by atoms with van der Waals surface area (Å²) in [5.74, 6) is -0.177. The minimum Gasteiger partial charge on any atom is -0.396 e. The maximum atomic E-state index is 12.1. The van der Waals surface area contributed by atoms with E-state index in [0.29, 0.717) is 21.6 Å². The first-order chi connectivity index (χ1) is 8.87. The highest BCUT2D eigenvalue weighted by molar-refractivity contribution is 9.10. The Hall–Kier alpha value is -0.580. The third-order valence-corrected chi connectivity index (χ3v) is 4.23. The van der Waals surface area contributed by atoms with Crippen molar-refractivity contribution in [2.24, 2.45) is 5.41 Å². The second kappa shape index (κ2) is 7.27. The smallest absolute Gasteiger partial charge is 0.252 e. The van der Waals surface area contributed by atoms with Gasteiger partial charge in [-0.15, -0.1) is 0 Å². The highest BCUT2D eigenvalue weighted by Crippen LogP contribution is 2.26. The van der Waals surface area contributed by atoms with Gasteiger partial charge in [0.05, 0.1) is 10.6 Å². The molecule has 0 aliphatic carbocycles. The first-order valence-corrected chi connectivity index (χ1v) is 7.37. The molecule has 0 heterocycles. The predicted octanol–water partition coefficient (Wildman–Crippen LogP) is 3.63. The van der Waals surface area contributed by atoms with E-state index in [1.807, 2.05) is 0 Å². The molecule has 1 aromatic rings. The lowest BCUT2D eigenvalue weighted by Gasteiger charge is -2.24. The summed E-state index contributed by atoms with van der Waals surface area (Å²) in [7, 11) is 0. The van der Waals surface area contributed by atoms with Gasteiger partial charge in [0.25, 0.3) is 5.91 Å². The molecule has 0 unspecified atom stereocenters. The molecule has 1 aromatic carbocycles. The van der Waals surface area contributed by atoms with E-state index < -0.39 is 0 Å². The number of hydrogen-bond acceptors (Lipinski definition) is 2. The van der Waals surface area contributed by atoms with Crippen LogP contribution in [0.3, 0.4) is 0 Å². The van der Waals surface area contributed by atoms with Gasteiger partial charge in [0.15, 0.2) is 0 Å². The zero-order valence-electron chi connectivity index (χ0n) is 11.2. The molecular formula is C14H19BrClNO2. The molecule has 0 saturated heterocycles. The van der Waals surface area contributed by atoms with Crippen molar-refractivity contribution in [3.63, 3.8) is 0 Å². The molecule has 0 saturated carbocycles. The summed E-state index contributed by atoms with van der Waals surface area (Å²) in [6, 6.07) is 5.27. The van der Waals surface area contributed by atoms with Crippen LogP contribution >= 0.6 is 27.5 Å². The Morgan fingerprint density at radius 2 is 2.16 bits per heavy atom. The normalized spacial score (nSPS) is 11.4. The summed E-state index contributed by atoms with van der Waals surface area (Å²) < 4.78 is 0.710. The highest BCUT2D eigenvalue weighted by Gasteiger charge is 2.20. The molecule has 0 aliphatic heterocycles. The third-order valence-electron chi connectivity index (χ3n) is 2.94. The van der Waals surface area contributed by atoms with E-state index in [1.165, 1.54) is 0 Å². The monoisotopic (exact) mass is 347 g/mol. The number of carbonyl (C=O) groups is 1. The zero-order chi connectivity index (χ0) is 14.5. The fraction of sp³-hybridized carbons (Fsp3) is 0.500. The highest BCUT2D eigenvalue weighted by atomic mass is 79.9. The summed E-state index contributed by atoms with van der Waals surface area (Å²) in [4.78, 5) is 12.1. The molecule has 0 bridgehead atoms. The number of aliphatic hydroxyl groups is 1. The van der Waals surface area contributed by atoms with Crippen LogP contribution in [0.25, 0.3) is 0 Å². The van der Waals surface area contributed by atoms with E-state index in [2.05, 4.69) is 35.1 Å². The van der Waals surface area contributed by atoms with Gasteiger partial charge in [0.1, 0.15) is 0 Å². The average molecular weight is 349 g/mol. The summed E-state index contributed by atoms with van der Waals surface area (Å²) in [6.45, 7) is 4.85. The number of rotatable bonds is 6. The van der Waals surface area contributed by atoms with Crippen molar-refractivity contribution < 1.29 is 9.90 Å². The van der Waals surface area contributed by atoms with E-state index in [0.717, 1.165) is 12.8 Å². The van der Waals surface area contributed by atoms with Gasteiger partial charge >= 0.3 is 0 Å². The average Bonchev–Trinajstić information content (AvgIpc) is 2.37. The second-order valence-electron chi connectivity index (χ2n) is 5.28. The lowest BCUT2D eigenvalue weighted by molar-refractivity contribution is 0.0933. The lowest BCUT2D eigenvalue weighted by Crippen LogP contribution is -2.34.